The smallest absolute Gasteiger partial charge is 0.224 e. The molecule has 1 aliphatic rings. The number of aryl methyl sites for hydroxylation is 1. The molecule has 1 saturated heterocycles. The monoisotopic (exact) mass is 295 g/mol. The van der Waals surface area contributed by atoms with Crippen molar-refractivity contribution in [3.63, 3.8) is 0 Å². The van der Waals surface area contributed by atoms with E-state index < -0.39 is 11.5 Å². The number of β-amino-alcohol motifs (C(OH)–C–C–N with tert-alkyl or cyclic N) is 1. The van der Waals surface area contributed by atoms with Gasteiger partial charge in [-0.25, -0.2) is 0 Å². The number of carbonyl (C=O) groups excluding carboxylic acids is 1. The first-order valence-electron chi connectivity index (χ1n) is 7.23. The summed E-state index contributed by atoms with van der Waals surface area (Å²) in [4.78, 5) is 13.5. The van der Waals surface area contributed by atoms with E-state index in [2.05, 4.69) is 10.00 Å². The first kappa shape index (κ1) is 15.8. The molecule has 1 aromatic rings. The number of hydrogen-bond acceptors (Lipinski definition) is 5. The summed E-state index contributed by atoms with van der Waals surface area (Å²) in [5, 5.41) is 14.6. The average molecular weight is 295 g/mol. The van der Waals surface area contributed by atoms with Gasteiger partial charge < -0.3 is 16.6 Å². The Labute approximate surface area is 124 Å². The van der Waals surface area contributed by atoms with Crippen molar-refractivity contribution >= 4 is 11.6 Å². The zero-order valence-corrected chi connectivity index (χ0v) is 13.0. The summed E-state index contributed by atoms with van der Waals surface area (Å²) >= 11 is 0. The fourth-order valence-electron chi connectivity index (χ4n) is 2.86. The summed E-state index contributed by atoms with van der Waals surface area (Å²) in [6.07, 6.45) is 0.180. The van der Waals surface area contributed by atoms with Gasteiger partial charge in [-0.05, 0) is 33.7 Å². The lowest BCUT2D eigenvalue weighted by molar-refractivity contribution is -0.126. The number of aliphatic hydroxyl groups excluding tert-OH is 1. The fraction of sp³-hybridized carbons (Fsp3) is 0.714. The van der Waals surface area contributed by atoms with E-state index in [1.54, 1.807) is 4.68 Å². The molecule has 1 aliphatic heterocycles. The molecule has 5 N–H and O–H groups in total. The highest BCUT2D eigenvalue weighted by Crippen LogP contribution is 2.29. The molecule has 2 heterocycles. The van der Waals surface area contributed by atoms with E-state index in [-0.39, 0.29) is 5.91 Å². The topological polar surface area (TPSA) is 110 Å². The number of nitrogens with two attached hydrogens (primary N) is 2. The second kappa shape index (κ2) is 5.65. The van der Waals surface area contributed by atoms with Gasteiger partial charge in [0, 0.05) is 13.1 Å². The number of anilines is 1. The molecule has 1 amide bonds. The van der Waals surface area contributed by atoms with Gasteiger partial charge in [-0.15, -0.1) is 0 Å². The first-order valence-corrected chi connectivity index (χ1v) is 7.23. The molecule has 0 radical (unpaired) electrons. The number of nitrogen functional groups attached to an aromatic ring is 1. The van der Waals surface area contributed by atoms with Gasteiger partial charge in [0.05, 0.1) is 35.1 Å². The molecule has 118 valence electrons. The van der Waals surface area contributed by atoms with E-state index in [4.69, 9.17) is 11.5 Å². The van der Waals surface area contributed by atoms with E-state index >= 15 is 0 Å². The van der Waals surface area contributed by atoms with Crippen LogP contribution in [0.4, 0.5) is 5.69 Å². The minimum atomic E-state index is -0.558. The molecule has 0 bridgehead atoms. The third-order valence-electron chi connectivity index (χ3n) is 4.44. The number of rotatable bonds is 5. The van der Waals surface area contributed by atoms with Crippen molar-refractivity contribution in [2.75, 3.05) is 25.4 Å². The average Bonchev–Trinajstić information content (AvgIpc) is 2.88. The minimum absolute atomic E-state index is 0.272. The number of aromatic nitrogens is 2. The maximum Gasteiger partial charge on any atom is 0.224 e. The Balaban J connectivity index is 1.92. The van der Waals surface area contributed by atoms with Gasteiger partial charge in [0.15, 0.2) is 0 Å². The highest BCUT2D eigenvalue weighted by molar-refractivity contribution is 5.81. The normalized spacial score (nSPS) is 24.4. The lowest BCUT2D eigenvalue weighted by atomic mass is 9.89. The SMILES string of the molecule is Cc1nn(CC(O)CN2CCC(C)(C(N)=O)C2)c(C)c1N. The minimum Gasteiger partial charge on any atom is -0.396 e. The van der Waals surface area contributed by atoms with Gasteiger partial charge in [-0.2, -0.15) is 5.10 Å². The quantitative estimate of drug-likeness (QED) is 0.687. The largest absolute Gasteiger partial charge is 0.396 e. The molecular weight excluding hydrogens is 270 g/mol. The van der Waals surface area contributed by atoms with Crippen LogP contribution in [-0.4, -0.2) is 51.4 Å². The summed E-state index contributed by atoms with van der Waals surface area (Å²) in [5.41, 5.74) is 13.2. The van der Waals surface area contributed by atoms with Crippen molar-refractivity contribution in [1.82, 2.24) is 14.7 Å². The summed E-state index contributed by atoms with van der Waals surface area (Å²) in [6.45, 7) is 7.89. The fourth-order valence-corrected chi connectivity index (χ4v) is 2.86. The maximum atomic E-state index is 11.4. The summed E-state index contributed by atoms with van der Waals surface area (Å²) in [5.74, 6) is -0.272. The molecule has 1 aromatic heterocycles. The second-order valence-corrected chi connectivity index (χ2v) is 6.33. The Morgan fingerprint density at radius 3 is 2.62 bits per heavy atom. The van der Waals surface area contributed by atoms with E-state index in [1.807, 2.05) is 20.8 Å². The summed E-state index contributed by atoms with van der Waals surface area (Å²) in [6, 6.07) is 0. The highest BCUT2D eigenvalue weighted by Gasteiger charge is 2.39. The van der Waals surface area contributed by atoms with Gasteiger partial charge in [-0.3, -0.25) is 14.4 Å². The molecule has 21 heavy (non-hydrogen) atoms. The molecule has 7 nitrogen and oxygen atoms in total. The van der Waals surface area contributed by atoms with Crippen LogP contribution in [0.2, 0.25) is 0 Å². The van der Waals surface area contributed by atoms with Crippen LogP contribution in [0.1, 0.15) is 24.7 Å². The van der Waals surface area contributed by atoms with Crippen LogP contribution in [0.3, 0.4) is 0 Å². The zero-order valence-electron chi connectivity index (χ0n) is 13.0. The van der Waals surface area contributed by atoms with Gasteiger partial charge in [-0.1, -0.05) is 0 Å². The third kappa shape index (κ3) is 3.19. The molecular formula is C14H25N5O2. The van der Waals surface area contributed by atoms with Crippen molar-refractivity contribution < 1.29 is 9.90 Å². The van der Waals surface area contributed by atoms with Crippen LogP contribution >= 0.6 is 0 Å². The highest BCUT2D eigenvalue weighted by atomic mass is 16.3. The number of hydrogen-bond donors (Lipinski definition) is 3. The predicted molar refractivity (Wildman–Crippen MR) is 80.5 cm³/mol. The van der Waals surface area contributed by atoms with Crippen molar-refractivity contribution in [1.29, 1.82) is 0 Å². The molecule has 0 aromatic carbocycles. The van der Waals surface area contributed by atoms with Crippen molar-refractivity contribution in [3.8, 4) is 0 Å². The number of primary amides is 1. The number of amides is 1. The molecule has 0 aliphatic carbocycles. The van der Waals surface area contributed by atoms with Crippen LogP contribution < -0.4 is 11.5 Å². The van der Waals surface area contributed by atoms with E-state index in [9.17, 15) is 9.90 Å². The predicted octanol–water partition coefficient (Wildman–Crippen LogP) is -0.360. The van der Waals surface area contributed by atoms with Crippen LogP contribution in [0.5, 0.6) is 0 Å². The molecule has 2 rings (SSSR count). The molecule has 1 fully saturated rings. The Bertz CT molecular complexity index is 542. The van der Waals surface area contributed by atoms with Crippen LogP contribution in [0.15, 0.2) is 0 Å². The standard InChI is InChI=1S/C14H25N5O2/c1-9-12(15)10(2)19(17-9)7-11(20)6-18-5-4-14(3,8-18)13(16)21/h11,20H,4-8,15H2,1-3H3,(H2,16,21). The summed E-state index contributed by atoms with van der Waals surface area (Å²) in [7, 11) is 0. The van der Waals surface area contributed by atoms with Crippen molar-refractivity contribution in [2.45, 2.75) is 39.8 Å². The van der Waals surface area contributed by atoms with Gasteiger partial charge in [0.1, 0.15) is 0 Å². The van der Waals surface area contributed by atoms with E-state index in [0.29, 0.717) is 25.3 Å². The van der Waals surface area contributed by atoms with E-state index in [1.165, 1.54) is 0 Å². The lowest BCUT2D eigenvalue weighted by Crippen LogP contribution is -2.39. The Hall–Kier alpha value is -1.60. The molecule has 0 spiro atoms. The molecule has 0 saturated carbocycles. The Morgan fingerprint density at radius 1 is 1.48 bits per heavy atom. The van der Waals surface area contributed by atoms with Crippen LogP contribution in [-0.2, 0) is 11.3 Å². The molecule has 2 unspecified atom stereocenters. The van der Waals surface area contributed by atoms with Crippen molar-refractivity contribution in [3.05, 3.63) is 11.4 Å². The number of likely N-dealkylation sites (tertiary alicyclic amines) is 1. The second-order valence-electron chi connectivity index (χ2n) is 6.33. The first-order chi connectivity index (χ1) is 9.73. The molecule has 7 heteroatoms. The third-order valence-corrected chi connectivity index (χ3v) is 4.44. The summed E-state index contributed by atoms with van der Waals surface area (Å²) < 4.78 is 1.73. The van der Waals surface area contributed by atoms with Crippen LogP contribution in [0, 0.1) is 19.3 Å². The number of carbonyl (C=O) groups is 1. The van der Waals surface area contributed by atoms with Gasteiger partial charge in [0.2, 0.25) is 5.91 Å². The van der Waals surface area contributed by atoms with Gasteiger partial charge >= 0.3 is 0 Å². The number of aliphatic hydroxyl groups is 1. The Morgan fingerprint density at radius 2 is 2.14 bits per heavy atom. The maximum absolute atomic E-state index is 11.4. The zero-order chi connectivity index (χ0) is 15.8. The van der Waals surface area contributed by atoms with E-state index in [0.717, 1.165) is 24.4 Å². The van der Waals surface area contributed by atoms with Crippen LogP contribution in [0.25, 0.3) is 0 Å². The van der Waals surface area contributed by atoms with Crippen molar-refractivity contribution in [2.24, 2.45) is 11.1 Å². The number of nitrogens with zero attached hydrogens (tertiary/aromatic N) is 3. The van der Waals surface area contributed by atoms with Gasteiger partial charge in [0.25, 0.3) is 0 Å². The molecule has 2 atom stereocenters. The Kier molecular flexibility index (Phi) is 4.25. The lowest BCUT2D eigenvalue weighted by Gasteiger charge is -2.23.